The van der Waals surface area contributed by atoms with Gasteiger partial charge in [-0.25, -0.2) is 9.97 Å². The number of para-hydroxylation sites is 1. The largest absolute Gasteiger partial charge is 0.383 e. The Balaban J connectivity index is 2.04. The Labute approximate surface area is 108 Å². The summed E-state index contributed by atoms with van der Waals surface area (Å²) in [4.78, 5) is 14.7. The summed E-state index contributed by atoms with van der Waals surface area (Å²) in [5, 5.41) is 2.02. The lowest BCUT2D eigenvalue weighted by atomic mass is 10.1. The molecule has 5 nitrogen and oxygen atoms in total. The van der Waals surface area contributed by atoms with Gasteiger partial charge in [-0.1, -0.05) is 18.2 Å². The van der Waals surface area contributed by atoms with E-state index in [0.29, 0.717) is 5.82 Å². The van der Waals surface area contributed by atoms with Crippen molar-refractivity contribution in [3.63, 3.8) is 0 Å². The number of benzene rings is 1. The predicted molar refractivity (Wildman–Crippen MR) is 75.6 cm³/mol. The molecule has 4 rings (SSSR count). The van der Waals surface area contributed by atoms with Crippen molar-refractivity contribution in [3.05, 3.63) is 42.9 Å². The number of nitrogen functional groups attached to an aromatic ring is 1. The Morgan fingerprint density at radius 1 is 1.11 bits per heavy atom. The summed E-state index contributed by atoms with van der Waals surface area (Å²) in [7, 11) is 0. The summed E-state index contributed by atoms with van der Waals surface area (Å²) in [5.41, 5.74) is 9.80. The number of aromatic amines is 2. The molecule has 4 N–H and O–H groups in total. The van der Waals surface area contributed by atoms with E-state index in [1.807, 2.05) is 24.4 Å². The molecule has 0 spiro atoms. The topological polar surface area (TPSA) is 83.4 Å². The number of rotatable bonds is 1. The molecule has 0 aliphatic heterocycles. The molecule has 3 aromatic heterocycles. The number of H-pyrrole nitrogens is 2. The van der Waals surface area contributed by atoms with Crippen LogP contribution in [0.1, 0.15) is 0 Å². The summed E-state index contributed by atoms with van der Waals surface area (Å²) in [6.07, 6.45) is 3.36. The molecule has 0 unspecified atom stereocenters. The van der Waals surface area contributed by atoms with E-state index in [4.69, 9.17) is 5.73 Å². The van der Waals surface area contributed by atoms with Gasteiger partial charge in [-0.15, -0.1) is 0 Å². The van der Waals surface area contributed by atoms with Crippen LogP contribution in [-0.2, 0) is 0 Å². The lowest BCUT2D eigenvalue weighted by Gasteiger charge is -1.97. The van der Waals surface area contributed by atoms with E-state index in [-0.39, 0.29) is 0 Å². The Bertz CT molecular complexity index is 854. The number of hydrogen-bond donors (Lipinski definition) is 3. The first-order chi connectivity index (χ1) is 9.33. The van der Waals surface area contributed by atoms with E-state index in [9.17, 15) is 0 Å². The standard InChI is InChI=1S/C14H11N5/c15-13-12-9(6-16-14(12)18-7-17-13)11-5-8-3-1-2-4-10(8)19-11/h1-7,19H,(H3,15,16,17,18). The molecule has 0 radical (unpaired) electrons. The molecule has 0 amide bonds. The molecule has 19 heavy (non-hydrogen) atoms. The highest BCUT2D eigenvalue weighted by Gasteiger charge is 2.12. The van der Waals surface area contributed by atoms with Crippen molar-refractivity contribution >= 4 is 27.8 Å². The highest BCUT2D eigenvalue weighted by molar-refractivity contribution is 6.01. The SMILES string of the molecule is Nc1ncnc2[nH]cc(-c3cc4ccccc4[nH]3)c12. The van der Waals surface area contributed by atoms with Gasteiger partial charge in [-0.05, 0) is 12.1 Å². The van der Waals surface area contributed by atoms with Gasteiger partial charge in [0.05, 0.1) is 5.39 Å². The number of anilines is 1. The van der Waals surface area contributed by atoms with Gasteiger partial charge >= 0.3 is 0 Å². The molecule has 5 heteroatoms. The van der Waals surface area contributed by atoms with Gasteiger partial charge in [0, 0.05) is 28.4 Å². The van der Waals surface area contributed by atoms with Gasteiger partial charge in [-0.2, -0.15) is 0 Å². The van der Waals surface area contributed by atoms with Crippen LogP contribution in [0.25, 0.3) is 33.2 Å². The van der Waals surface area contributed by atoms with Crippen LogP contribution in [0.4, 0.5) is 5.82 Å². The van der Waals surface area contributed by atoms with Crippen molar-refractivity contribution in [2.24, 2.45) is 0 Å². The minimum Gasteiger partial charge on any atom is -0.383 e. The Morgan fingerprint density at radius 2 is 2.00 bits per heavy atom. The Morgan fingerprint density at radius 3 is 2.89 bits per heavy atom. The molecule has 0 fully saturated rings. The molecule has 0 bridgehead atoms. The van der Waals surface area contributed by atoms with Crippen LogP contribution in [-0.4, -0.2) is 19.9 Å². The molecule has 0 aliphatic carbocycles. The summed E-state index contributed by atoms with van der Waals surface area (Å²) in [6.45, 7) is 0. The monoisotopic (exact) mass is 249 g/mol. The fraction of sp³-hybridized carbons (Fsp3) is 0. The zero-order valence-electron chi connectivity index (χ0n) is 10.0. The molecule has 1 aromatic carbocycles. The number of fused-ring (bicyclic) bond motifs is 2. The first-order valence-corrected chi connectivity index (χ1v) is 5.98. The first-order valence-electron chi connectivity index (χ1n) is 5.98. The van der Waals surface area contributed by atoms with Gasteiger partial charge in [0.1, 0.15) is 17.8 Å². The number of hydrogen-bond acceptors (Lipinski definition) is 3. The molecule has 0 atom stereocenters. The van der Waals surface area contributed by atoms with Crippen LogP contribution in [0.5, 0.6) is 0 Å². The molecule has 0 saturated heterocycles. The second-order valence-electron chi connectivity index (χ2n) is 4.46. The van der Waals surface area contributed by atoms with Crippen molar-refractivity contribution in [3.8, 4) is 11.3 Å². The Hall–Kier alpha value is -2.82. The highest BCUT2D eigenvalue weighted by Crippen LogP contribution is 2.31. The van der Waals surface area contributed by atoms with Crippen LogP contribution in [0, 0.1) is 0 Å². The van der Waals surface area contributed by atoms with Crippen LogP contribution in [0.2, 0.25) is 0 Å². The lowest BCUT2D eigenvalue weighted by molar-refractivity contribution is 1.21. The Kier molecular flexibility index (Phi) is 1.91. The van der Waals surface area contributed by atoms with E-state index in [2.05, 4.69) is 32.1 Å². The maximum absolute atomic E-state index is 5.95. The summed E-state index contributed by atoms with van der Waals surface area (Å²) in [5.74, 6) is 0.486. The highest BCUT2D eigenvalue weighted by atomic mass is 15.0. The van der Waals surface area contributed by atoms with E-state index in [0.717, 1.165) is 27.8 Å². The number of nitrogens with zero attached hydrogens (tertiary/aromatic N) is 2. The normalized spacial score (nSPS) is 11.4. The van der Waals surface area contributed by atoms with E-state index < -0.39 is 0 Å². The minimum atomic E-state index is 0.486. The molecule has 4 aromatic rings. The predicted octanol–water partition coefficient (Wildman–Crippen LogP) is 2.69. The van der Waals surface area contributed by atoms with Crippen molar-refractivity contribution in [1.82, 2.24) is 19.9 Å². The zero-order chi connectivity index (χ0) is 12.8. The molecular formula is C14H11N5. The fourth-order valence-corrected chi connectivity index (χ4v) is 2.42. The second-order valence-corrected chi connectivity index (χ2v) is 4.46. The average Bonchev–Trinajstić information content (AvgIpc) is 3.02. The summed E-state index contributed by atoms with van der Waals surface area (Å²) >= 11 is 0. The third-order valence-corrected chi connectivity index (χ3v) is 3.32. The van der Waals surface area contributed by atoms with E-state index in [1.54, 1.807) is 0 Å². The van der Waals surface area contributed by atoms with Crippen molar-refractivity contribution in [2.45, 2.75) is 0 Å². The third-order valence-electron chi connectivity index (χ3n) is 3.32. The van der Waals surface area contributed by atoms with E-state index in [1.165, 1.54) is 11.7 Å². The van der Waals surface area contributed by atoms with Gasteiger partial charge in [0.2, 0.25) is 0 Å². The van der Waals surface area contributed by atoms with Crippen LogP contribution >= 0.6 is 0 Å². The molecular weight excluding hydrogens is 238 g/mol. The second kappa shape index (κ2) is 3.58. The van der Waals surface area contributed by atoms with Gasteiger partial charge in [0.15, 0.2) is 0 Å². The first kappa shape index (κ1) is 10.1. The summed E-state index contributed by atoms with van der Waals surface area (Å²) < 4.78 is 0. The minimum absolute atomic E-state index is 0.486. The van der Waals surface area contributed by atoms with Crippen LogP contribution in [0.3, 0.4) is 0 Å². The molecule has 92 valence electrons. The average molecular weight is 249 g/mol. The van der Waals surface area contributed by atoms with Crippen LogP contribution < -0.4 is 5.73 Å². The molecule has 3 heterocycles. The third kappa shape index (κ3) is 1.41. The van der Waals surface area contributed by atoms with Gasteiger partial charge in [-0.3, -0.25) is 0 Å². The molecule has 0 aliphatic rings. The number of aromatic nitrogens is 4. The smallest absolute Gasteiger partial charge is 0.143 e. The van der Waals surface area contributed by atoms with Gasteiger partial charge < -0.3 is 15.7 Å². The van der Waals surface area contributed by atoms with Crippen molar-refractivity contribution in [2.75, 3.05) is 5.73 Å². The number of nitrogens with one attached hydrogen (secondary N) is 2. The van der Waals surface area contributed by atoms with E-state index >= 15 is 0 Å². The summed E-state index contributed by atoms with van der Waals surface area (Å²) in [6, 6.07) is 10.3. The van der Waals surface area contributed by atoms with Crippen LogP contribution in [0.15, 0.2) is 42.9 Å². The quantitative estimate of drug-likeness (QED) is 0.485. The number of nitrogens with two attached hydrogens (primary N) is 1. The van der Waals surface area contributed by atoms with Crippen molar-refractivity contribution < 1.29 is 0 Å². The fourth-order valence-electron chi connectivity index (χ4n) is 2.42. The van der Waals surface area contributed by atoms with Crippen molar-refractivity contribution in [1.29, 1.82) is 0 Å². The van der Waals surface area contributed by atoms with Gasteiger partial charge in [0.25, 0.3) is 0 Å². The maximum Gasteiger partial charge on any atom is 0.143 e. The maximum atomic E-state index is 5.95. The molecule has 0 saturated carbocycles. The lowest BCUT2D eigenvalue weighted by Crippen LogP contribution is -1.92. The zero-order valence-corrected chi connectivity index (χ0v) is 10.0.